The van der Waals surface area contributed by atoms with E-state index in [4.69, 9.17) is 4.42 Å². The highest BCUT2D eigenvalue weighted by Crippen LogP contribution is 2.37. The van der Waals surface area contributed by atoms with E-state index in [1.165, 1.54) is 17.6 Å². The van der Waals surface area contributed by atoms with Crippen LogP contribution >= 0.6 is 11.3 Å². The Labute approximate surface area is 178 Å². The van der Waals surface area contributed by atoms with Crippen molar-refractivity contribution in [2.45, 2.75) is 26.8 Å². The maximum Gasteiger partial charge on any atom is 0.291 e. The summed E-state index contributed by atoms with van der Waals surface area (Å²) in [4.78, 5) is 27.0. The first kappa shape index (κ1) is 19.8. The zero-order valence-corrected chi connectivity index (χ0v) is 17.7. The molecule has 7 nitrogen and oxygen atoms in total. The van der Waals surface area contributed by atoms with Gasteiger partial charge in [-0.3, -0.25) is 9.78 Å². The molecule has 4 heterocycles. The van der Waals surface area contributed by atoms with Crippen LogP contribution in [-0.4, -0.2) is 20.9 Å². The molecule has 8 heteroatoms. The predicted molar refractivity (Wildman–Crippen MR) is 117 cm³/mol. The molecule has 152 valence electrons. The van der Waals surface area contributed by atoms with Gasteiger partial charge in [-0.1, -0.05) is 6.07 Å². The molecule has 4 aromatic heterocycles. The highest BCUT2D eigenvalue weighted by molar-refractivity contribution is 7.16. The summed E-state index contributed by atoms with van der Waals surface area (Å²) in [6, 6.07) is 10.9. The number of carbonyl (C=O) groups excluding carboxylic acids is 1. The SMILES string of the molecule is Cc1cc(C)nc(N[C@@H](c2cccnc2)c2cc(C)sc2NC(=O)c2ccco2)n1. The lowest BCUT2D eigenvalue weighted by atomic mass is 10.0. The lowest BCUT2D eigenvalue weighted by Crippen LogP contribution is -2.18. The van der Waals surface area contributed by atoms with Crippen LogP contribution in [0.3, 0.4) is 0 Å². The first-order valence-corrected chi connectivity index (χ1v) is 10.2. The molecule has 0 aliphatic carbocycles. The highest BCUT2D eigenvalue weighted by Gasteiger charge is 2.23. The largest absolute Gasteiger partial charge is 0.459 e. The molecule has 0 spiro atoms. The summed E-state index contributed by atoms with van der Waals surface area (Å²) in [5, 5.41) is 7.14. The molecule has 1 atom stereocenters. The number of nitrogens with one attached hydrogen (secondary N) is 2. The Morgan fingerprint density at radius 2 is 1.90 bits per heavy atom. The number of amides is 1. The average molecular weight is 420 g/mol. The summed E-state index contributed by atoms with van der Waals surface area (Å²) in [6.07, 6.45) is 5.00. The minimum Gasteiger partial charge on any atom is -0.459 e. The molecule has 2 N–H and O–H groups in total. The summed E-state index contributed by atoms with van der Waals surface area (Å²) >= 11 is 1.50. The van der Waals surface area contributed by atoms with Gasteiger partial charge < -0.3 is 15.1 Å². The second-order valence-corrected chi connectivity index (χ2v) is 8.17. The van der Waals surface area contributed by atoms with Crippen molar-refractivity contribution < 1.29 is 9.21 Å². The molecule has 30 heavy (non-hydrogen) atoms. The molecule has 1 amide bonds. The van der Waals surface area contributed by atoms with Crippen molar-refractivity contribution in [1.29, 1.82) is 0 Å². The van der Waals surface area contributed by atoms with Crippen LogP contribution < -0.4 is 10.6 Å². The van der Waals surface area contributed by atoms with Gasteiger partial charge in [0, 0.05) is 34.2 Å². The molecule has 0 radical (unpaired) electrons. The van der Waals surface area contributed by atoms with Crippen LogP contribution in [0.15, 0.2) is 59.5 Å². The number of aryl methyl sites for hydroxylation is 3. The fourth-order valence-corrected chi connectivity index (χ4v) is 4.17. The van der Waals surface area contributed by atoms with Gasteiger partial charge >= 0.3 is 0 Å². The van der Waals surface area contributed by atoms with Crippen LogP contribution in [0.25, 0.3) is 0 Å². The molecule has 4 aromatic rings. The van der Waals surface area contributed by atoms with Gasteiger partial charge in [0.1, 0.15) is 5.00 Å². The van der Waals surface area contributed by atoms with Gasteiger partial charge in [-0.2, -0.15) is 0 Å². The number of furan rings is 1. The topological polar surface area (TPSA) is 92.9 Å². The highest BCUT2D eigenvalue weighted by atomic mass is 32.1. The van der Waals surface area contributed by atoms with Crippen molar-refractivity contribution in [3.63, 3.8) is 0 Å². The molecule has 0 fully saturated rings. The molecule has 0 saturated carbocycles. The third-order valence-corrected chi connectivity index (χ3v) is 5.42. The van der Waals surface area contributed by atoms with E-state index in [1.807, 2.05) is 39.0 Å². The van der Waals surface area contributed by atoms with Gasteiger partial charge in [-0.05, 0) is 56.7 Å². The number of hydrogen-bond acceptors (Lipinski definition) is 7. The summed E-state index contributed by atoms with van der Waals surface area (Å²) < 4.78 is 5.23. The van der Waals surface area contributed by atoms with E-state index in [0.29, 0.717) is 5.95 Å². The molecular formula is C22H21N5O2S. The summed E-state index contributed by atoms with van der Waals surface area (Å²) in [5.74, 6) is 0.486. The van der Waals surface area contributed by atoms with Crippen molar-refractivity contribution in [1.82, 2.24) is 15.0 Å². The minimum absolute atomic E-state index is 0.260. The Hall–Kier alpha value is -3.52. The Balaban J connectivity index is 1.73. The van der Waals surface area contributed by atoms with Crippen LogP contribution in [0.2, 0.25) is 0 Å². The molecule has 0 bridgehead atoms. The Bertz CT molecular complexity index is 1140. The zero-order chi connectivity index (χ0) is 21.1. The maximum atomic E-state index is 12.6. The second kappa shape index (κ2) is 8.46. The predicted octanol–water partition coefficient (Wildman–Crippen LogP) is 4.91. The normalized spacial score (nSPS) is 11.8. The van der Waals surface area contributed by atoms with E-state index in [0.717, 1.165) is 32.4 Å². The maximum absolute atomic E-state index is 12.6. The van der Waals surface area contributed by atoms with E-state index in [2.05, 4.69) is 31.7 Å². The second-order valence-electron chi connectivity index (χ2n) is 6.91. The van der Waals surface area contributed by atoms with Crippen LogP contribution in [0.5, 0.6) is 0 Å². The molecule has 0 unspecified atom stereocenters. The minimum atomic E-state index is -0.296. The van der Waals surface area contributed by atoms with E-state index in [9.17, 15) is 4.79 Å². The zero-order valence-electron chi connectivity index (χ0n) is 16.8. The van der Waals surface area contributed by atoms with Gasteiger partial charge in [0.15, 0.2) is 5.76 Å². The lowest BCUT2D eigenvalue weighted by molar-refractivity contribution is 0.0997. The van der Waals surface area contributed by atoms with Crippen LogP contribution in [-0.2, 0) is 0 Å². The number of aromatic nitrogens is 3. The van der Waals surface area contributed by atoms with E-state index in [-0.39, 0.29) is 17.7 Å². The molecule has 0 aliphatic rings. The summed E-state index contributed by atoms with van der Waals surface area (Å²) in [6.45, 7) is 5.87. The quantitative estimate of drug-likeness (QED) is 0.461. The standard InChI is InChI=1S/C22H21N5O2S/c1-13-10-14(2)25-22(24-13)26-19(16-6-4-8-23-12-16)17-11-15(3)30-21(17)27-20(28)18-7-5-9-29-18/h4-12,19H,1-3H3,(H,27,28)(H,24,25,26)/t19-/m0/s1. The van der Waals surface area contributed by atoms with Gasteiger partial charge in [-0.15, -0.1) is 11.3 Å². The molecular weight excluding hydrogens is 398 g/mol. The van der Waals surface area contributed by atoms with Crippen molar-refractivity contribution >= 4 is 28.2 Å². The van der Waals surface area contributed by atoms with Crippen molar-refractivity contribution in [2.75, 3.05) is 10.6 Å². The first-order valence-electron chi connectivity index (χ1n) is 9.43. The smallest absolute Gasteiger partial charge is 0.291 e. The summed E-state index contributed by atoms with van der Waals surface area (Å²) in [7, 11) is 0. The molecule has 0 aromatic carbocycles. The Morgan fingerprint density at radius 3 is 2.57 bits per heavy atom. The molecule has 0 saturated heterocycles. The molecule has 0 aliphatic heterocycles. The van der Waals surface area contributed by atoms with Crippen molar-refractivity contribution in [2.24, 2.45) is 0 Å². The van der Waals surface area contributed by atoms with Crippen LogP contribution in [0.1, 0.15) is 44.0 Å². The Morgan fingerprint density at radius 1 is 1.10 bits per heavy atom. The molecule has 4 rings (SSSR count). The van der Waals surface area contributed by atoms with E-state index < -0.39 is 0 Å². The number of pyridine rings is 1. The number of thiophene rings is 1. The van der Waals surface area contributed by atoms with Gasteiger partial charge in [0.05, 0.1) is 12.3 Å². The number of anilines is 2. The first-order chi connectivity index (χ1) is 14.5. The van der Waals surface area contributed by atoms with Crippen LogP contribution in [0, 0.1) is 20.8 Å². The van der Waals surface area contributed by atoms with Crippen molar-refractivity contribution in [3.05, 3.63) is 88.2 Å². The Kier molecular flexibility index (Phi) is 5.58. The van der Waals surface area contributed by atoms with E-state index in [1.54, 1.807) is 24.5 Å². The summed E-state index contributed by atoms with van der Waals surface area (Å²) in [5.41, 5.74) is 3.60. The average Bonchev–Trinajstić information content (AvgIpc) is 3.36. The lowest BCUT2D eigenvalue weighted by Gasteiger charge is -2.20. The van der Waals surface area contributed by atoms with E-state index >= 15 is 0 Å². The third-order valence-electron chi connectivity index (χ3n) is 4.44. The number of hydrogen-bond donors (Lipinski definition) is 2. The fourth-order valence-electron chi connectivity index (χ4n) is 3.23. The third kappa shape index (κ3) is 4.38. The fraction of sp³-hybridized carbons (Fsp3) is 0.182. The van der Waals surface area contributed by atoms with Gasteiger partial charge in [-0.25, -0.2) is 9.97 Å². The van der Waals surface area contributed by atoms with Crippen molar-refractivity contribution in [3.8, 4) is 0 Å². The van der Waals surface area contributed by atoms with Gasteiger partial charge in [0.2, 0.25) is 5.95 Å². The number of carbonyl (C=O) groups is 1. The number of rotatable bonds is 6. The van der Waals surface area contributed by atoms with Crippen LogP contribution in [0.4, 0.5) is 10.9 Å². The van der Waals surface area contributed by atoms with Gasteiger partial charge in [0.25, 0.3) is 5.91 Å². The monoisotopic (exact) mass is 419 g/mol. The number of nitrogens with zero attached hydrogens (tertiary/aromatic N) is 3.